The molecule has 0 bridgehead atoms. The molecule has 0 aliphatic rings. The third-order valence-electron chi connectivity index (χ3n) is 1.48. The van der Waals surface area contributed by atoms with Crippen molar-refractivity contribution < 1.29 is 4.92 Å². The lowest BCUT2D eigenvalue weighted by Gasteiger charge is -1.97. The van der Waals surface area contributed by atoms with Crippen LogP contribution in [-0.2, 0) is 7.05 Å². The summed E-state index contributed by atoms with van der Waals surface area (Å²) in [4.78, 5) is 9.91. The minimum atomic E-state index is -0.712. The van der Waals surface area contributed by atoms with Crippen LogP contribution < -0.4 is 0 Å². The van der Waals surface area contributed by atoms with Crippen molar-refractivity contribution in [2.45, 2.75) is 13.0 Å². The lowest BCUT2D eigenvalue weighted by Crippen LogP contribution is -2.07. The molecule has 0 unspecified atom stereocenters. The number of hydrogen-bond donors (Lipinski definition) is 0. The molecule has 5 heteroatoms. The molecule has 0 fully saturated rings. The van der Waals surface area contributed by atoms with Gasteiger partial charge in [0.1, 0.15) is 5.69 Å². The van der Waals surface area contributed by atoms with E-state index in [4.69, 9.17) is 0 Å². The Hall–Kier alpha value is -1.39. The predicted octanol–water partition coefficient (Wildman–Crippen LogP) is 0.758. The zero-order valence-corrected chi connectivity index (χ0v) is 6.39. The SMILES string of the molecule is C[C@H](c1ccn(C)n1)[N+](=O)[O-]. The summed E-state index contributed by atoms with van der Waals surface area (Å²) in [6, 6.07) is 0.934. The molecule has 1 aromatic heterocycles. The zero-order valence-electron chi connectivity index (χ0n) is 6.39. The van der Waals surface area contributed by atoms with Gasteiger partial charge in [-0.25, -0.2) is 0 Å². The largest absolute Gasteiger partial charge is 0.275 e. The van der Waals surface area contributed by atoms with Gasteiger partial charge < -0.3 is 0 Å². The molecule has 0 N–H and O–H groups in total. The Morgan fingerprint density at radius 3 is 2.82 bits per heavy atom. The van der Waals surface area contributed by atoms with Gasteiger partial charge in [0.25, 0.3) is 6.04 Å². The van der Waals surface area contributed by atoms with Crippen LogP contribution >= 0.6 is 0 Å². The van der Waals surface area contributed by atoms with Gasteiger partial charge in [-0.2, -0.15) is 5.10 Å². The molecule has 11 heavy (non-hydrogen) atoms. The van der Waals surface area contributed by atoms with Crippen LogP contribution in [0.25, 0.3) is 0 Å². The third kappa shape index (κ3) is 1.54. The lowest BCUT2D eigenvalue weighted by molar-refractivity contribution is -0.525. The topological polar surface area (TPSA) is 61.0 Å². The second-order valence-corrected chi connectivity index (χ2v) is 2.38. The summed E-state index contributed by atoms with van der Waals surface area (Å²) < 4.78 is 1.55. The summed E-state index contributed by atoms with van der Waals surface area (Å²) in [5.41, 5.74) is 0.498. The number of rotatable bonds is 2. The minimum absolute atomic E-state index is 0.359. The second kappa shape index (κ2) is 2.69. The van der Waals surface area contributed by atoms with Crippen molar-refractivity contribution in [2.75, 3.05) is 0 Å². The first-order chi connectivity index (χ1) is 5.11. The third-order valence-corrected chi connectivity index (χ3v) is 1.48. The standard InChI is InChI=1S/C6H9N3O2/c1-5(9(10)11)6-3-4-8(2)7-6/h3-5H,1-2H3/t5-/m1/s1. The highest BCUT2D eigenvalue weighted by molar-refractivity contribution is 5.01. The molecule has 0 aliphatic heterocycles. The maximum atomic E-state index is 10.3. The van der Waals surface area contributed by atoms with E-state index in [2.05, 4.69) is 5.10 Å². The molecule has 0 spiro atoms. The van der Waals surface area contributed by atoms with Crippen LogP contribution in [0.4, 0.5) is 0 Å². The summed E-state index contributed by atoms with van der Waals surface area (Å²) in [6.45, 7) is 1.52. The molecule has 1 rings (SSSR count). The van der Waals surface area contributed by atoms with E-state index in [0.717, 1.165) is 0 Å². The molecule has 60 valence electrons. The lowest BCUT2D eigenvalue weighted by atomic mass is 10.3. The average molecular weight is 155 g/mol. The van der Waals surface area contributed by atoms with Gasteiger partial charge in [0.2, 0.25) is 0 Å². The normalized spacial score (nSPS) is 12.9. The Balaban J connectivity index is 2.84. The van der Waals surface area contributed by atoms with Crippen LogP contribution in [0.5, 0.6) is 0 Å². The van der Waals surface area contributed by atoms with Gasteiger partial charge in [0.05, 0.1) is 0 Å². The second-order valence-electron chi connectivity index (χ2n) is 2.38. The highest BCUT2D eigenvalue weighted by atomic mass is 16.6. The molecule has 0 saturated heterocycles. The quantitative estimate of drug-likeness (QED) is 0.468. The highest BCUT2D eigenvalue weighted by Gasteiger charge is 2.17. The molecule has 5 nitrogen and oxygen atoms in total. The smallest absolute Gasteiger partial charge is 0.253 e. The molecule has 0 aliphatic carbocycles. The van der Waals surface area contributed by atoms with Crippen molar-refractivity contribution in [3.8, 4) is 0 Å². The van der Waals surface area contributed by atoms with Crippen LogP contribution in [0.3, 0.4) is 0 Å². The first-order valence-electron chi connectivity index (χ1n) is 3.24. The molecule has 0 aromatic carbocycles. The summed E-state index contributed by atoms with van der Waals surface area (Å²) >= 11 is 0. The van der Waals surface area contributed by atoms with Gasteiger partial charge in [0.15, 0.2) is 0 Å². The summed E-state index contributed by atoms with van der Waals surface area (Å²) in [6.07, 6.45) is 1.69. The Morgan fingerprint density at radius 2 is 2.45 bits per heavy atom. The van der Waals surface area contributed by atoms with Gasteiger partial charge in [-0.3, -0.25) is 14.8 Å². The fraction of sp³-hybridized carbons (Fsp3) is 0.500. The van der Waals surface area contributed by atoms with Gasteiger partial charge in [0, 0.05) is 25.1 Å². The first kappa shape index (κ1) is 7.71. The van der Waals surface area contributed by atoms with Crippen molar-refractivity contribution in [3.63, 3.8) is 0 Å². The van der Waals surface area contributed by atoms with E-state index in [-0.39, 0.29) is 4.92 Å². The number of nitrogens with zero attached hydrogens (tertiary/aromatic N) is 3. The fourth-order valence-electron chi connectivity index (χ4n) is 0.764. The Bertz CT molecular complexity index is 269. The summed E-state index contributed by atoms with van der Waals surface area (Å²) in [7, 11) is 1.73. The van der Waals surface area contributed by atoms with E-state index in [1.807, 2.05) is 0 Å². The zero-order chi connectivity index (χ0) is 8.43. The maximum Gasteiger partial charge on any atom is 0.253 e. The van der Waals surface area contributed by atoms with E-state index < -0.39 is 6.04 Å². The molecule has 0 radical (unpaired) electrons. The van der Waals surface area contributed by atoms with E-state index >= 15 is 0 Å². The van der Waals surface area contributed by atoms with E-state index in [0.29, 0.717) is 5.69 Å². The van der Waals surface area contributed by atoms with Crippen LogP contribution in [0.15, 0.2) is 12.3 Å². The Morgan fingerprint density at radius 1 is 1.82 bits per heavy atom. The molecular weight excluding hydrogens is 146 g/mol. The van der Waals surface area contributed by atoms with Crippen molar-refractivity contribution in [2.24, 2.45) is 7.05 Å². The van der Waals surface area contributed by atoms with Crippen LogP contribution in [-0.4, -0.2) is 14.7 Å². The van der Waals surface area contributed by atoms with E-state index in [1.165, 1.54) is 6.92 Å². The van der Waals surface area contributed by atoms with Gasteiger partial charge in [-0.05, 0) is 6.07 Å². The molecular formula is C6H9N3O2. The molecule has 1 heterocycles. The summed E-state index contributed by atoms with van der Waals surface area (Å²) in [5.74, 6) is 0. The summed E-state index contributed by atoms with van der Waals surface area (Å²) in [5, 5.41) is 14.2. The number of nitro groups is 1. The van der Waals surface area contributed by atoms with Crippen molar-refractivity contribution in [1.82, 2.24) is 9.78 Å². The average Bonchev–Trinajstić information content (AvgIpc) is 2.34. The minimum Gasteiger partial charge on any atom is -0.275 e. The van der Waals surface area contributed by atoms with Crippen molar-refractivity contribution >= 4 is 0 Å². The van der Waals surface area contributed by atoms with Crippen LogP contribution in [0, 0.1) is 10.1 Å². The molecule has 1 aromatic rings. The fourth-order valence-corrected chi connectivity index (χ4v) is 0.764. The van der Waals surface area contributed by atoms with E-state index in [1.54, 1.807) is 24.0 Å². The van der Waals surface area contributed by atoms with Crippen molar-refractivity contribution in [1.29, 1.82) is 0 Å². The number of aryl methyl sites for hydroxylation is 1. The Labute approximate surface area is 63.8 Å². The molecule has 0 amide bonds. The van der Waals surface area contributed by atoms with Crippen LogP contribution in [0.2, 0.25) is 0 Å². The van der Waals surface area contributed by atoms with Gasteiger partial charge in [-0.15, -0.1) is 0 Å². The number of aromatic nitrogens is 2. The Kier molecular flexibility index (Phi) is 1.89. The molecule has 1 atom stereocenters. The van der Waals surface area contributed by atoms with E-state index in [9.17, 15) is 10.1 Å². The van der Waals surface area contributed by atoms with Gasteiger partial charge in [-0.1, -0.05) is 0 Å². The molecule has 0 saturated carbocycles. The monoisotopic (exact) mass is 155 g/mol. The maximum absolute atomic E-state index is 10.3. The van der Waals surface area contributed by atoms with Crippen LogP contribution in [0.1, 0.15) is 18.7 Å². The van der Waals surface area contributed by atoms with Crippen molar-refractivity contribution in [3.05, 3.63) is 28.1 Å². The highest BCUT2D eigenvalue weighted by Crippen LogP contribution is 2.11. The predicted molar refractivity (Wildman–Crippen MR) is 38.6 cm³/mol. The number of hydrogen-bond acceptors (Lipinski definition) is 3. The van der Waals surface area contributed by atoms with Gasteiger partial charge >= 0.3 is 0 Å². The first-order valence-corrected chi connectivity index (χ1v) is 3.24.